The molecule has 1 aromatic carbocycles. The van der Waals surface area contributed by atoms with E-state index in [-0.39, 0.29) is 19.0 Å². The Kier molecular flexibility index (Phi) is 6.48. The van der Waals surface area contributed by atoms with Crippen LogP contribution in [0.15, 0.2) is 24.3 Å². The number of rotatable bonds is 7. The second-order valence-electron chi connectivity index (χ2n) is 4.42. The molecule has 110 valence electrons. The van der Waals surface area contributed by atoms with Crippen LogP contribution in [0.5, 0.6) is 0 Å². The van der Waals surface area contributed by atoms with Gasteiger partial charge in [-0.05, 0) is 24.6 Å². The number of aliphatic carboxylic acids is 1. The van der Waals surface area contributed by atoms with Crippen LogP contribution in [0.3, 0.4) is 0 Å². The molecule has 1 rings (SSSR count). The van der Waals surface area contributed by atoms with E-state index in [9.17, 15) is 9.59 Å². The minimum atomic E-state index is -1.05. The molecule has 1 amide bonds. The molecular weight excluding hydrogens is 282 g/mol. The molecule has 20 heavy (non-hydrogen) atoms. The number of benzene rings is 1. The van der Waals surface area contributed by atoms with Crippen molar-refractivity contribution >= 4 is 23.5 Å². The quantitative estimate of drug-likeness (QED) is 0.836. The van der Waals surface area contributed by atoms with Gasteiger partial charge < -0.3 is 14.7 Å². The molecule has 0 aliphatic carbocycles. The summed E-state index contributed by atoms with van der Waals surface area (Å²) in [4.78, 5) is 24.5. The molecule has 5 nitrogen and oxygen atoms in total. The smallest absolute Gasteiger partial charge is 0.323 e. The summed E-state index contributed by atoms with van der Waals surface area (Å²) in [6, 6.07) is 6.99. The summed E-state index contributed by atoms with van der Waals surface area (Å²) >= 11 is 5.90. The first-order chi connectivity index (χ1) is 9.45. The minimum absolute atomic E-state index is 0.243. The van der Waals surface area contributed by atoms with Gasteiger partial charge in [0.05, 0.1) is 12.5 Å². The van der Waals surface area contributed by atoms with E-state index in [0.717, 1.165) is 5.56 Å². The first kappa shape index (κ1) is 16.5. The van der Waals surface area contributed by atoms with Crippen LogP contribution >= 0.6 is 11.6 Å². The maximum absolute atomic E-state index is 12.4. The van der Waals surface area contributed by atoms with Gasteiger partial charge in [-0.15, -0.1) is 0 Å². The third-order valence-electron chi connectivity index (χ3n) is 2.92. The van der Waals surface area contributed by atoms with Crippen LogP contribution in [-0.2, 0) is 14.3 Å². The lowest BCUT2D eigenvalue weighted by Crippen LogP contribution is -2.40. The second kappa shape index (κ2) is 7.87. The van der Waals surface area contributed by atoms with Gasteiger partial charge in [0.2, 0.25) is 5.91 Å². The number of carbonyl (C=O) groups is 2. The highest BCUT2D eigenvalue weighted by atomic mass is 35.5. The van der Waals surface area contributed by atoms with Gasteiger partial charge in [-0.3, -0.25) is 9.59 Å². The third-order valence-corrected chi connectivity index (χ3v) is 3.16. The lowest BCUT2D eigenvalue weighted by Gasteiger charge is -2.24. The molecular formula is C14H18ClNO4. The van der Waals surface area contributed by atoms with E-state index in [1.54, 1.807) is 31.2 Å². The van der Waals surface area contributed by atoms with Gasteiger partial charge in [-0.25, -0.2) is 0 Å². The van der Waals surface area contributed by atoms with Crippen molar-refractivity contribution in [3.8, 4) is 0 Å². The van der Waals surface area contributed by atoms with Gasteiger partial charge >= 0.3 is 5.97 Å². The Hall–Kier alpha value is -1.59. The van der Waals surface area contributed by atoms with Crippen LogP contribution < -0.4 is 0 Å². The highest BCUT2D eigenvalue weighted by Gasteiger charge is 2.23. The largest absolute Gasteiger partial charge is 0.480 e. The Bertz CT molecular complexity index is 478. The highest BCUT2D eigenvalue weighted by Crippen LogP contribution is 2.21. The zero-order valence-corrected chi connectivity index (χ0v) is 12.3. The van der Waals surface area contributed by atoms with Crippen molar-refractivity contribution in [1.29, 1.82) is 0 Å². The fourth-order valence-corrected chi connectivity index (χ4v) is 2.02. The molecule has 0 aliphatic heterocycles. The highest BCUT2D eigenvalue weighted by molar-refractivity contribution is 6.30. The predicted octanol–water partition coefficient (Wildman–Crippen LogP) is 2.00. The van der Waals surface area contributed by atoms with Gasteiger partial charge in [0.1, 0.15) is 6.54 Å². The Morgan fingerprint density at radius 2 is 2.15 bits per heavy atom. The molecule has 0 bridgehead atoms. The summed E-state index contributed by atoms with van der Waals surface area (Å²) in [6.45, 7) is 1.93. The number of carbonyl (C=O) groups excluding carboxylic acids is 1. The first-order valence-corrected chi connectivity index (χ1v) is 6.58. The fraction of sp³-hybridized carbons (Fsp3) is 0.429. The molecule has 6 heteroatoms. The van der Waals surface area contributed by atoms with Crippen LogP contribution in [-0.4, -0.2) is 48.7 Å². The monoisotopic (exact) mass is 299 g/mol. The van der Waals surface area contributed by atoms with E-state index in [1.807, 2.05) is 0 Å². The van der Waals surface area contributed by atoms with Crippen molar-refractivity contribution in [2.75, 3.05) is 26.8 Å². The average molecular weight is 300 g/mol. The zero-order chi connectivity index (χ0) is 15.1. The van der Waals surface area contributed by atoms with Crippen LogP contribution in [0.25, 0.3) is 0 Å². The van der Waals surface area contributed by atoms with Crippen molar-refractivity contribution in [3.05, 3.63) is 34.9 Å². The van der Waals surface area contributed by atoms with Crippen molar-refractivity contribution < 1.29 is 19.4 Å². The topological polar surface area (TPSA) is 66.8 Å². The lowest BCUT2D eigenvalue weighted by atomic mass is 10.00. The number of nitrogens with zero attached hydrogens (tertiary/aromatic N) is 1. The molecule has 0 aliphatic rings. The number of hydrogen-bond donors (Lipinski definition) is 1. The van der Waals surface area contributed by atoms with Gasteiger partial charge in [0.15, 0.2) is 0 Å². The SMILES string of the molecule is COCCN(CC(=O)O)C(=O)C(C)c1cccc(Cl)c1. The van der Waals surface area contributed by atoms with E-state index in [2.05, 4.69) is 0 Å². The molecule has 0 radical (unpaired) electrons. The Morgan fingerprint density at radius 3 is 2.70 bits per heavy atom. The van der Waals surface area contributed by atoms with Gasteiger partial charge in [0, 0.05) is 18.7 Å². The molecule has 0 saturated carbocycles. The first-order valence-electron chi connectivity index (χ1n) is 6.20. The second-order valence-corrected chi connectivity index (χ2v) is 4.86. The lowest BCUT2D eigenvalue weighted by molar-refractivity contribution is -0.145. The summed E-state index contributed by atoms with van der Waals surface area (Å²) in [6.07, 6.45) is 0. The number of amides is 1. The Labute approximate surface area is 123 Å². The predicted molar refractivity (Wildman–Crippen MR) is 76.0 cm³/mol. The summed E-state index contributed by atoms with van der Waals surface area (Å²) in [5, 5.41) is 9.42. The molecule has 0 saturated heterocycles. The van der Waals surface area contributed by atoms with E-state index in [1.165, 1.54) is 12.0 Å². The number of halogens is 1. The van der Waals surface area contributed by atoms with Crippen LogP contribution in [0.2, 0.25) is 5.02 Å². The van der Waals surface area contributed by atoms with Crippen LogP contribution in [0.4, 0.5) is 0 Å². The maximum atomic E-state index is 12.4. The van der Waals surface area contributed by atoms with Crippen LogP contribution in [0, 0.1) is 0 Å². The van der Waals surface area contributed by atoms with Gasteiger partial charge in [-0.1, -0.05) is 23.7 Å². The third kappa shape index (κ3) is 4.83. The molecule has 0 heterocycles. The average Bonchev–Trinajstić information content (AvgIpc) is 2.41. The number of hydrogen-bond acceptors (Lipinski definition) is 3. The normalized spacial score (nSPS) is 11.9. The molecule has 1 N–H and O–H groups in total. The molecule has 1 atom stereocenters. The number of methoxy groups -OCH3 is 1. The maximum Gasteiger partial charge on any atom is 0.323 e. The Balaban J connectivity index is 2.84. The summed E-state index contributed by atoms with van der Waals surface area (Å²) in [5.74, 6) is -1.76. The molecule has 0 aromatic heterocycles. The molecule has 0 spiro atoms. The van der Waals surface area contributed by atoms with Crippen molar-refractivity contribution in [2.45, 2.75) is 12.8 Å². The van der Waals surface area contributed by atoms with Gasteiger partial charge in [-0.2, -0.15) is 0 Å². The van der Waals surface area contributed by atoms with Crippen molar-refractivity contribution in [2.24, 2.45) is 0 Å². The van der Waals surface area contributed by atoms with E-state index >= 15 is 0 Å². The molecule has 1 aromatic rings. The van der Waals surface area contributed by atoms with E-state index < -0.39 is 11.9 Å². The number of ether oxygens (including phenoxy) is 1. The summed E-state index contributed by atoms with van der Waals surface area (Å²) in [5.41, 5.74) is 0.760. The van der Waals surface area contributed by atoms with E-state index in [0.29, 0.717) is 11.6 Å². The van der Waals surface area contributed by atoms with E-state index in [4.69, 9.17) is 21.4 Å². The standard InChI is InChI=1S/C14H18ClNO4/c1-10(11-4-3-5-12(15)8-11)14(19)16(6-7-20-2)9-13(17)18/h3-5,8,10H,6-7,9H2,1-2H3,(H,17,18). The van der Waals surface area contributed by atoms with Crippen LogP contribution in [0.1, 0.15) is 18.4 Å². The number of carboxylic acid groups (broad SMARTS) is 1. The minimum Gasteiger partial charge on any atom is -0.480 e. The van der Waals surface area contributed by atoms with Gasteiger partial charge in [0.25, 0.3) is 0 Å². The molecule has 0 fully saturated rings. The van der Waals surface area contributed by atoms with Crippen molar-refractivity contribution in [3.63, 3.8) is 0 Å². The fourth-order valence-electron chi connectivity index (χ4n) is 1.82. The molecule has 1 unspecified atom stereocenters. The summed E-state index contributed by atoms with van der Waals surface area (Å²) < 4.78 is 4.90. The number of carboxylic acids is 1. The Morgan fingerprint density at radius 1 is 1.45 bits per heavy atom. The van der Waals surface area contributed by atoms with Crippen molar-refractivity contribution in [1.82, 2.24) is 4.90 Å². The zero-order valence-electron chi connectivity index (χ0n) is 11.5. The summed E-state index contributed by atoms with van der Waals surface area (Å²) in [7, 11) is 1.50.